The number of nitrogens with zero attached hydrogens (tertiary/aromatic N) is 2. The summed E-state index contributed by atoms with van der Waals surface area (Å²) in [6, 6.07) is 1.89. The second kappa shape index (κ2) is 5.39. The van der Waals surface area contributed by atoms with Gasteiger partial charge in [0.1, 0.15) is 5.71 Å². The highest BCUT2D eigenvalue weighted by Crippen LogP contribution is 2.05. The van der Waals surface area contributed by atoms with E-state index < -0.39 is 0 Å². The fraction of sp³-hybridized carbons (Fsp3) is 0.333. The molecule has 1 aliphatic rings. The van der Waals surface area contributed by atoms with Gasteiger partial charge >= 0.3 is 0 Å². The lowest BCUT2D eigenvalue weighted by Gasteiger charge is -2.12. The third-order valence-corrected chi connectivity index (χ3v) is 2.75. The fourth-order valence-electron chi connectivity index (χ4n) is 1.60. The number of amides is 2. The normalized spacial score (nSPS) is 14.7. The standard InChI is InChI=1S/C12H14N4O2/c1-8-4-5-13-6-9(8)7-14-12(18)10-2-3-11(17)16-15-10/h4-6H,2-3,7H2,1H3,(H,14,18)(H,16,17). The van der Waals surface area contributed by atoms with Crippen LogP contribution in [-0.2, 0) is 16.1 Å². The molecule has 0 fully saturated rings. The highest BCUT2D eigenvalue weighted by Gasteiger charge is 2.17. The van der Waals surface area contributed by atoms with Crippen molar-refractivity contribution >= 4 is 17.5 Å². The average molecular weight is 246 g/mol. The number of rotatable bonds is 3. The van der Waals surface area contributed by atoms with E-state index >= 15 is 0 Å². The molecule has 0 saturated carbocycles. The summed E-state index contributed by atoms with van der Waals surface area (Å²) in [5.74, 6) is -0.409. The van der Waals surface area contributed by atoms with Gasteiger partial charge in [0.25, 0.3) is 5.91 Å². The maximum Gasteiger partial charge on any atom is 0.267 e. The van der Waals surface area contributed by atoms with Crippen LogP contribution >= 0.6 is 0 Å². The second-order valence-electron chi connectivity index (χ2n) is 4.08. The van der Waals surface area contributed by atoms with Crippen LogP contribution in [0, 0.1) is 6.92 Å². The number of hydrogen-bond donors (Lipinski definition) is 2. The zero-order chi connectivity index (χ0) is 13.0. The van der Waals surface area contributed by atoms with E-state index in [2.05, 4.69) is 20.8 Å². The van der Waals surface area contributed by atoms with E-state index in [1.54, 1.807) is 12.4 Å². The molecule has 18 heavy (non-hydrogen) atoms. The molecular formula is C12H14N4O2. The van der Waals surface area contributed by atoms with E-state index in [9.17, 15) is 9.59 Å². The zero-order valence-electron chi connectivity index (χ0n) is 10.1. The minimum atomic E-state index is -0.252. The molecule has 0 spiro atoms. The number of aromatic nitrogens is 1. The van der Waals surface area contributed by atoms with Gasteiger partial charge in [0.2, 0.25) is 5.91 Å². The molecule has 1 aliphatic heterocycles. The van der Waals surface area contributed by atoms with E-state index in [1.807, 2.05) is 13.0 Å². The van der Waals surface area contributed by atoms with E-state index in [0.29, 0.717) is 25.1 Å². The number of hydrogen-bond acceptors (Lipinski definition) is 4. The van der Waals surface area contributed by atoms with Gasteiger partial charge in [-0.25, -0.2) is 5.43 Å². The van der Waals surface area contributed by atoms with Gasteiger partial charge in [-0.3, -0.25) is 14.6 Å². The van der Waals surface area contributed by atoms with Crippen LogP contribution in [0.2, 0.25) is 0 Å². The molecular weight excluding hydrogens is 232 g/mol. The van der Waals surface area contributed by atoms with Crippen LogP contribution in [0.3, 0.4) is 0 Å². The lowest BCUT2D eigenvalue weighted by molar-refractivity contribution is -0.121. The van der Waals surface area contributed by atoms with Crippen LogP contribution in [0.1, 0.15) is 24.0 Å². The van der Waals surface area contributed by atoms with Crippen molar-refractivity contribution in [2.45, 2.75) is 26.3 Å². The number of carbonyl (C=O) groups excluding carboxylic acids is 2. The average Bonchev–Trinajstić information content (AvgIpc) is 2.38. The summed E-state index contributed by atoms with van der Waals surface area (Å²) in [4.78, 5) is 26.7. The van der Waals surface area contributed by atoms with E-state index in [1.165, 1.54) is 0 Å². The van der Waals surface area contributed by atoms with Crippen LogP contribution in [0.25, 0.3) is 0 Å². The van der Waals surface area contributed by atoms with Gasteiger partial charge in [-0.1, -0.05) is 0 Å². The van der Waals surface area contributed by atoms with Gasteiger partial charge in [-0.15, -0.1) is 0 Å². The van der Waals surface area contributed by atoms with Crippen molar-refractivity contribution in [3.63, 3.8) is 0 Å². The Morgan fingerprint density at radius 1 is 1.50 bits per heavy atom. The number of carbonyl (C=O) groups is 2. The van der Waals surface area contributed by atoms with Crippen molar-refractivity contribution in [2.75, 3.05) is 0 Å². The van der Waals surface area contributed by atoms with E-state index in [0.717, 1.165) is 11.1 Å². The molecule has 2 rings (SSSR count). The van der Waals surface area contributed by atoms with Crippen LogP contribution < -0.4 is 10.7 Å². The Bertz CT molecular complexity index is 511. The van der Waals surface area contributed by atoms with Crippen LogP contribution in [0.15, 0.2) is 23.6 Å². The molecule has 0 bridgehead atoms. The molecule has 0 radical (unpaired) electrons. The Morgan fingerprint density at radius 3 is 3.00 bits per heavy atom. The molecule has 2 N–H and O–H groups in total. The molecule has 2 amide bonds. The largest absolute Gasteiger partial charge is 0.347 e. The first-order valence-electron chi connectivity index (χ1n) is 5.70. The highest BCUT2D eigenvalue weighted by molar-refractivity contribution is 6.39. The fourth-order valence-corrected chi connectivity index (χ4v) is 1.60. The zero-order valence-corrected chi connectivity index (χ0v) is 10.1. The monoisotopic (exact) mass is 246 g/mol. The summed E-state index contributed by atoms with van der Waals surface area (Å²) >= 11 is 0. The van der Waals surface area contributed by atoms with E-state index in [-0.39, 0.29) is 11.8 Å². The van der Waals surface area contributed by atoms with Gasteiger partial charge in [-0.05, 0) is 24.1 Å². The predicted molar refractivity (Wildman–Crippen MR) is 65.6 cm³/mol. The summed E-state index contributed by atoms with van der Waals surface area (Å²) in [6.45, 7) is 2.37. The predicted octanol–water partition coefficient (Wildman–Crippen LogP) is 0.272. The van der Waals surface area contributed by atoms with Gasteiger partial charge in [0.15, 0.2) is 0 Å². The topological polar surface area (TPSA) is 83.4 Å². The SMILES string of the molecule is Cc1ccncc1CNC(=O)C1=NNC(=O)CC1. The molecule has 1 aromatic heterocycles. The molecule has 0 aromatic carbocycles. The lowest BCUT2D eigenvalue weighted by Crippen LogP contribution is -2.36. The third kappa shape index (κ3) is 2.91. The number of hydrazone groups is 1. The lowest BCUT2D eigenvalue weighted by atomic mass is 10.1. The van der Waals surface area contributed by atoms with Gasteiger partial charge in [0.05, 0.1) is 0 Å². The van der Waals surface area contributed by atoms with Gasteiger partial charge in [-0.2, -0.15) is 5.10 Å². The van der Waals surface area contributed by atoms with Crippen LogP contribution in [-0.4, -0.2) is 22.5 Å². The van der Waals surface area contributed by atoms with Crippen molar-refractivity contribution < 1.29 is 9.59 Å². The van der Waals surface area contributed by atoms with E-state index in [4.69, 9.17) is 0 Å². The Labute approximate surface area is 104 Å². The first kappa shape index (κ1) is 12.2. The van der Waals surface area contributed by atoms with Crippen molar-refractivity contribution in [1.82, 2.24) is 15.7 Å². The van der Waals surface area contributed by atoms with Gasteiger partial charge < -0.3 is 5.32 Å². The summed E-state index contributed by atoms with van der Waals surface area (Å²) in [5.41, 5.74) is 4.69. The molecule has 1 aromatic rings. The summed E-state index contributed by atoms with van der Waals surface area (Å²) in [6.07, 6.45) is 4.11. The molecule has 94 valence electrons. The smallest absolute Gasteiger partial charge is 0.267 e. The van der Waals surface area contributed by atoms with Crippen LogP contribution in [0.5, 0.6) is 0 Å². The van der Waals surface area contributed by atoms with Crippen LogP contribution in [0.4, 0.5) is 0 Å². The minimum Gasteiger partial charge on any atom is -0.347 e. The van der Waals surface area contributed by atoms with Crippen molar-refractivity contribution in [3.8, 4) is 0 Å². The molecule has 0 atom stereocenters. The number of nitrogens with one attached hydrogen (secondary N) is 2. The first-order valence-corrected chi connectivity index (χ1v) is 5.70. The first-order chi connectivity index (χ1) is 8.66. The molecule has 0 aliphatic carbocycles. The minimum absolute atomic E-state index is 0.158. The number of aryl methyl sites for hydroxylation is 1. The Hall–Kier alpha value is -2.24. The van der Waals surface area contributed by atoms with Gasteiger partial charge in [0, 0.05) is 31.8 Å². The van der Waals surface area contributed by atoms with Crippen molar-refractivity contribution in [1.29, 1.82) is 0 Å². The molecule has 2 heterocycles. The quantitative estimate of drug-likeness (QED) is 0.803. The third-order valence-electron chi connectivity index (χ3n) is 2.75. The summed E-state index contributed by atoms with van der Waals surface area (Å²) in [5, 5.41) is 6.50. The molecule has 0 unspecified atom stereocenters. The molecule has 6 heteroatoms. The number of pyridine rings is 1. The Morgan fingerprint density at radius 2 is 2.33 bits per heavy atom. The maximum atomic E-state index is 11.8. The second-order valence-corrected chi connectivity index (χ2v) is 4.08. The molecule has 0 saturated heterocycles. The Kier molecular flexibility index (Phi) is 3.66. The van der Waals surface area contributed by atoms with Crippen molar-refractivity contribution in [3.05, 3.63) is 29.6 Å². The Balaban J connectivity index is 1.93. The summed E-state index contributed by atoms with van der Waals surface area (Å²) in [7, 11) is 0. The van der Waals surface area contributed by atoms with Crippen molar-refractivity contribution in [2.24, 2.45) is 5.10 Å². The summed E-state index contributed by atoms with van der Waals surface area (Å²) < 4.78 is 0. The maximum absolute atomic E-state index is 11.8. The highest BCUT2D eigenvalue weighted by atomic mass is 16.2. The molecule has 6 nitrogen and oxygen atoms in total.